The molecule has 6 heteroatoms. The molecule has 1 atom stereocenters. The van der Waals surface area contributed by atoms with E-state index in [1.54, 1.807) is 12.4 Å². The van der Waals surface area contributed by atoms with Crippen molar-refractivity contribution in [1.29, 1.82) is 0 Å². The third-order valence-electron chi connectivity index (χ3n) is 3.90. The Bertz CT molecular complexity index is 389. The van der Waals surface area contributed by atoms with Gasteiger partial charge in [0, 0.05) is 45.1 Å². The second-order valence-corrected chi connectivity index (χ2v) is 5.25. The summed E-state index contributed by atoms with van der Waals surface area (Å²) in [4.78, 5) is 13.3. The van der Waals surface area contributed by atoms with E-state index in [4.69, 9.17) is 9.47 Å². The van der Waals surface area contributed by atoms with Crippen molar-refractivity contribution in [3.8, 4) is 0 Å². The van der Waals surface area contributed by atoms with Crippen molar-refractivity contribution in [1.82, 2.24) is 14.9 Å². The summed E-state index contributed by atoms with van der Waals surface area (Å²) in [6, 6.07) is 0. The van der Waals surface area contributed by atoms with E-state index in [0.29, 0.717) is 0 Å². The molecule has 0 radical (unpaired) electrons. The smallest absolute Gasteiger partial charge is 0.147 e. The number of anilines is 1. The predicted molar refractivity (Wildman–Crippen MR) is 75.9 cm³/mol. The van der Waals surface area contributed by atoms with Crippen LogP contribution in [0.3, 0.4) is 0 Å². The fraction of sp³-hybridized carbons (Fsp3) is 0.714. The van der Waals surface area contributed by atoms with E-state index < -0.39 is 0 Å². The molecule has 1 aromatic rings. The lowest BCUT2D eigenvalue weighted by Crippen LogP contribution is -2.47. The summed E-state index contributed by atoms with van der Waals surface area (Å²) in [6.45, 7) is 7.50. The zero-order valence-corrected chi connectivity index (χ0v) is 11.8. The molecule has 0 aliphatic carbocycles. The lowest BCUT2D eigenvalue weighted by molar-refractivity contribution is -0.0927. The minimum absolute atomic E-state index is 0.279. The summed E-state index contributed by atoms with van der Waals surface area (Å²) in [7, 11) is 0. The van der Waals surface area contributed by atoms with Crippen LogP contribution < -0.4 is 4.90 Å². The first-order chi connectivity index (χ1) is 9.92. The summed E-state index contributed by atoms with van der Waals surface area (Å²) in [5.74, 6) is 0.983. The molecule has 0 aromatic carbocycles. The highest BCUT2D eigenvalue weighted by Gasteiger charge is 2.20. The molecule has 0 bridgehead atoms. The van der Waals surface area contributed by atoms with E-state index in [1.165, 1.54) is 0 Å². The number of nitrogens with zero attached hydrogens (tertiary/aromatic N) is 4. The molecule has 3 rings (SSSR count). The van der Waals surface area contributed by atoms with Gasteiger partial charge in [-0.1, -0.05) is 0 Å². The molecule has 2 aliphatic heterocycles. The molecule has 110 valence electrons. The van der Waals surface area contributed by atoms with Gasteiger partial charge in [-0.05, 0) is 6.42 Å². The number of aromatic nitrogens is 2. The van der Waals surface area contributed by atoms with E-state index in [0.717, 1.165) is 64.8 Å². The van der Waals surface area contributed by atoms with Crippen LogP contribution in [0.25, 0.3) is 0 Å². The first kappa shape index (κ1) is 13.7. The predicted octanol–water partition coefficient (Wildman–Crippen LogP) is 0.404. The van der Waals surface area contributed by atoms with Crippen molar-refractivity contribution in [3.05, 3.63) is 18.6 Å². The average Bonchev–Trinajstić information content (AvgIpc) is 2.55. The van der Waals surface area contributed by atoms with Gasteiger partial charge in [0.05, 0.1) is 32.1 Å². The maximum absolute atomic E-state index is 5.68. The van der Waals surface area contributed by atoms with Gasteiger partial charge in [-0.3, -0.25) is 9.88 Å². The second kappa shape index (κ2) is 6.97. The minimum atomic E-state index is 0.279. The molecule has 6 nitrogen and oxygen atoms in total. The zero-order chi connectivity index (χ0) is 13.6. The summed E-state index contributed by atoms with van der Waals surface area (Å²) >= 11 is 0. The van der Waals surface area contributed by atoms with Crippen LogP contribution >= 0.6 is 0 Å². The largest absolute Gasteiger partial charge is 0.376 e. The van der Waals surface area contributed by atoms with Crippen LogP contribution in [0.4, 0.5) is 5.82 Å². The van der Waals surface area contributed by atoms with Gasteiger partial charge in [0.2, 0.25) is 0 Å². The fourth-order valence-electron chi connectivity index (χ4n) is 2.68. The van der Waals surface area contributed by atoms with E-state index in [1.807, 2.05) is 6.20 Å². The molecule has 0 saturated carbocycles. The SMILES string of the molecule is c1cnc(N2CCN(CCC3COCCO3)CC2)cn1. The normalized spacial score (nSPS) is 24.8. The van der Waals surface area contributed by atoms with Crippen LogP contribution in [0.2, 0.25) is 0 Å². The highest BCUT2D eigenvalue weighted by Crippen LogP contribution is 2.13. The van der Waals surface area contributed by atoms with Crippen molar-refractivity contribution in [2.45, 2.75) is 12.5 Å². The van der Waals surface area contributed by atoms with Crippen LogP contribution in [-0.2, 0) is 9.47 Å². The lowest BCUT2D eigenvalue weighted by Gasteiger charge is -2.36. The zero-order valence-electron chi connectivity index (χ0n) is 11.8. The quantitative estimate of drug-likeness (QED) is 0.795. The van der Waals surface area contributed by atoms with Gasteiger partial charge in [-0.25, -0.2) is 4.98 Å². The van der Waals surface area contributed by atoms with E-state index in [2.05, 4.69) is 19.8 Å². The Morgan fingerprint density at radius 1 is 1.15 bits per heavy atom. The first-order valence-electron chi connectivity index (χ1n) is 7.34. The number of ether oxygens (including phenoxy) is 2. The summed E-state index contributed by atoms with van der Waals surface area (Å²) in [5.41, 5.74) is 0. The van der Waals surface area contributed by atoms with Gasteiger partial charge in [-0.15, -0.1) is 0 Å². The molecule has 0 amide bonds. The van der Waals surface area contributed by atoms with Gasteiger partial charge in [0.15, 0.2) is 0 Å². The number of piperazine rings is 1. The van der Waals surface area contributed by atoms with Crippen LogP contribution in [0.15, 0.2) is 18.6 Å². The fourth-order valence-corrected chi connectivity index (χ4v) is 2.68. The molecule has 2 aliphatic rings. The number of hydrogen-bond acceptors (Lipinski definition) is 6. The van der Waals surface area contributed by atoms with Crippen molar-refractivity contribution in [2.24, 2.45) is 0 Å². The van der Waals surface area contributed by atoms with Crippen molar-refractivity contribution >= 4 is 5.82 Å². The Labute approximate surface area is 119 Å². The van der Waals surface area contributed by atoms with Crippen LogP contribution in [0.5, 0.6) is 0 Å². The topological polar surface area (TPSA) is 50.7 Å². The van der Waals surface area contributed by atoms with Gasteiger partial charge < -0.3 is 14.4 Å². The Kier molecular flexibility index (Phi) is 4.78. The summed E-state index contributed by atoms with van der Waals surface area (Å²) in [5, 5.41) is 0. The highest BCUT2D eigenvalue weighted by atomic mass is 16.6. The van der Waals surface area contributed by atoms with Crippen LogP contribution in [0.1, 0.15) is 6.42 Å². The van der Waals surface area contributed by atoms with Gasteiger partial charge >= 0.3 is 0 Å². The van der Waals surface area contributed by atoms with Gasteiger partial charge in [0.25, 0.3) is 0 Å². The third-order valence-corrected chi connectivity index (χ3v) is 3.90. The lowest BCUT2D eigenvalue weighted by atomic mass is 10.2. The Morgan fingerprint density at radius 2 is 2.05 bits per heavy atom. The molecular weight excluding hydrogens is 256 g/mol. The summed E-state index contributed by atoms with van der Waals surface area (Å²) < 4.78 is 11.1. The maximum Gasteiger partial charge on any atom is 0.147 e. The molecule has 20 heavy (non-hydrogen) atoms. The monoisotopic (exact) mass is 278 g/mol. The molecule has 3 heterocycles. The molecular formula is C14H22N4O2. The molecule has 2 saturated heterocycles. The molecule has 2 fully saturated rings. The Balaban J connectivity index is 1.40. The highest BCUT2D eigenvalue weighted by molar-refractivity contribution is 5.35. The number of hydrogen-bond donors (Lipinski definition) is 0. The van der Waals surface area contributed by atoms with E-state index >= 15 is 0 Å². The summed E-state index contributed by atoms with van der Waals surface area (Å²) in [6.07, 6.45) is 6.64. The van der Waals surface area contributed by atoms with Crippen LogP contribution in [0, 0.1) is 0 Å². The average molecular weight is 278 g/mol. The molecule has 0 N–H and O–H groups in total. The second-order valence-electron chi connectivity index (χ2n) is 5.25. The van der Waals surface area contributed by atoms with E-state index in [-0.39, 0.29) is 6.10 Å². The molecule has 1 aromatic heterocycles. The van der Waals surface area contributed by atoms with E-state index in [9.17, 15) is 0 Å². The van der Waals surface area contributed by atoms with Crippen LogP contribution in [-0.4, -0.2) is 73.5 Å². The molecule has 1 unspecified atom stereocenters. The van der Waals surface area contributed by atoms with Crippen molar-refractivity contribution < 1.29 is 9.47 Å². The standard InChI is InChI=1S/C14H22N4O2/c1(13-12-19-9-10-20-13)4-17-5-7-18(8-6-17)14-11-15-2-3-16-14/h2-3,11,13H,1,4-10,12H2. The third kappa shape index (κ3) is 3.65. The minimum Gasteiger partial charge on any atom is -0.376 e. The maximum atomic E-state index is 5.68. The van der Waals surface area contributed by atoms with Gasteiger partial charge in [0.1, 0.15) is 5.82 Å². The van der Waals surface area contributed by atoms with Gasteiger partial charge in [-0.2, -0.15) is 0 Å². The number of rotatable bonds is 4. The molecule has 0 spiro atoms. The Hall–Kier alpha value is -1.24. The van der Waals surface area contributed by atoms with Crippen molar-refractivity contribution in [2.75, 3.05) is 57.4 Å². The Morgan fingerprint density at radius 3 is 2.75 bits per heavy atom. The first-order valence-corrected chi connectivity index (χ1v) is 7.34. The van der Waals surface area contributed by atoms with Crippen molar-refractivity contribution in [3.63, 3.8) is 0 Å².